The Balaban J connectivity index is 1.33. The SMILES string of the molecule is Cc1nc(C)c(C(=O)N2CCN(C(=O)C3CC3c3cccs3)CC2)s1. The van der Waals surface area contributed by atoms with E-state index in [-0.39, 0.29) is 17.7 Å². The molecule has 2 atom stereocenters. The van der Waals surface area contributed by atoms with E-state index in [1.165, 1.54) is 16.2 Å². The first-order chi connectivity index (χ1) is 12.0. The van der Waals surface area contributed by atoms with Gasteiger partial charge in [0.2, 0.25) is 5.91 Å². The van der Waals surface area contributed by atoms with Crippen LogP contribution < -0.4 is 0 Å². The van der Waals surface area contributed by atoms with Crippen LogP contribution in [0.25, 0.3) is 0 Å². The van der Waals surface area contributed by atoms with E-state index in [4.69, 9.17) is 0 Å². The van der Waals surface area contributed by atoms with Gasteiger partial charge in [-0.25, -0.2) is 4.98 Å². The topological polar surface area (TPSA) is 53.5 Å². The number of nitrogens with zero attached hydrogens (tertiary/aromatic N) is 3. The Bertz CT molecular complexity index is 791. The summed E-state index contributed by atoms with van der Waals surface area (Å²) in [7, 11) is 0. The summed E-state index contributed by atoms with van der Waals surface area (Å²) in [4.78, 5) is 35.5. The summed E-state index contributed by atoms with van der Waals surface area (Å²) in [5, 5.41) is 2.99. The van der Waals surface area contributed by atoms with Gasteiger partial charge in [0.1, 0.15) is 4.88 Å². The Morgan fingerprint density at radius 3 is 2.48 bits per heavy atom. The second-order valence-electron chi connectivity index (χ2n) is 6.73. The van der Waals surface area contributed by atoms with Crippen molar-refractivity contribution in [2.24, 2.45) is 5.92 Å². The maximum Gasteiger partial charge on any atom is 0.265 e. The maximum atomic E-state index is 12.7. The first-order valence-electron chi connectivity index (χ1n) is 8.60. The molecule has 2 aromatic heterocycles. The zero-order valence-corrected chi connectivity index (χ0v) is 16.0. The van der Waals surface area contributed by atoms with Crippen LogP contribution >= 0.6 is 22.7 Å². The monoisotopic (exact) mass is 375 g/mol. The second-order valence-corrected chi connectivity index (χ2v) is 8.91. The molecule has 1 saturated carbocycles. The lowest BCUT2D eigenvalue weighted by atomic mass is 10.2. The van der Waals surface area contributed by atoms with Crippen LogP contribution in [0.4, 0.5) is 0 Å². The van der Waals surface area contributed by atoms with E-state index in [1.807, 2.05) is 29.7 Å². The molecule has 0 N–H and O–H groups in total. The van der Waals surface area contributed by atoms with E-state index in [0.717, 1.165) is 22.0 Å². The van der Waals surface area contributed by atoms with Crippen LogP contribution in [0, 0.1) is 19.8 Å². The molecule has 2 aliphatic rings. The lowest BCUT2D eigenvalue weighted by molar-refractivity contribution is -0.134. The molecule has 1 aliphatic carbocycles. The van der Waals surface area contributed by atoms with Gasteiger partial charge in [-0.15, -0.1) is 22.7 Å². The third kappa shape index (κ3) is 3.22. The van der Waals surface area contributed by atoms with Crippen molar-refractivity contribution in [3.05, 3.63) is 38.0 Å². The summed E-state index contributed by atoms with van der Waals surface area (Å²) in [6, 6.07) is 4.17. The molecule has 2 unspecified atom stereocenters. The molecule has 0 bridgehead atoms. The molecule has 3 heterocycles. The zero-order chi connectivity index (χ0) is 17.6. The van der Waals surface area contributed by atoms with E-state index >= 15 is 0 Å². The smallest absolute Gasteiger partial charge is 0.265 e. The summed E-state index contributed by atoms with van der Waals surface area (Å²) in [6.45, 7) is 6.29. The number of hydrogen-bond acceptors (Lipinski definition) is 5. The zero-order valence-electron chi connectivity index (χ0n) is 14.4. The molecule has 2 aromatic rings. The van der Waals surface area contributed by atoms with Gasteiger partial charge in [-0.3, -0.25) is 9.59 Å². The molecule has 2 amide bonds. The number of rotatable bonds is 3. The Morgan fingerprint density at radius 1 is 1.16 bits per heavy atom. The highest BCUT2D eigenvalue weighted by Crippen LogP contribution is 2.50. The van der Waals surface area contributed by atoms with Crippen molar-refractivity contribution < 1.29 is 9.59 Å². The van der Waals surface area contributed by atoms with Gasteiger partial charge in [-0.05, 0) is 31.7 Å². The molecule has 1 saturated heterocycles. The normalized spacial score (nSPS) is 23.0. The summed E-state index contributed by atoms with van der Waals surface area (Å²) >= 11 is 3.19. The van der Waals surface area contributed by atoms with Gasteiger partial charge < -0.3 is 9.80 Å². The van der Waals surface area contributed by atoms with Crippen LogP contribution in [-0.4, -0.2) is 52.8 Å². The number of aromatic nitrogens is 1. The lowest BCUT2D eigenvalue weighted by Crippen LogP contribution is -2.51. The Morgan fingerprint density at radius 2 is 1.88 bits per heavy atom. The summed E-state index contributed by atoms with van der Waals surface area (Å²) < 4.78 is 0. The van der Waals surface area contributed by atoms with Crippen molar-refractivity contribution in [3.8, 4) is 0 Å². The molecule has 5 nitrogen and oxygen atoms in total. The number of hydrogen-bond donors (Lipinski definition) is 0. The average molecular weight is 376 g/mol. The van der Waals surface area contributed by atoms with Gasteiger partial charge in [0.15, 0.2) is 0 Å². The molecule has 0 aromatic carbocycles. The van der Waals surface area contributed by atoms with Gasteiger partial charge in [-0.1, -0.05) is 6.07 Å². The number of aryl methyl sites for hydroxylation is 2. The molecule has 132 valence electrons. The van der Waals surface area contributed by atoms with Gasteiger partial charge >= 0.3 is 0 Å². The van der Waals surface area contributed by atoms with Crippen molar-refractivity contribution in [1.82, 2.24) is 14.8 Å². The number of thiazole rings is 1. The Kier molecular flexibility index (Phi) is 4.37. The van der Waals surface area contributed by atoms with Crippen LogP contribution in [0.5, 0.6) is 0 Å². The fourth-order valence-electron chi connectivity index (χ4n) is 3.52. The second kappa shape index (κ2) is 6.53. The van der Waals surface area contributed by atoms with Gasteiger partial charge in [-0.2, -0.15) is 0 Å². The van der Waals surface area contributed by atoms with Gasteiger partial charge in [0.05, 0.1) is 10.7 Å². The van der Waals surface area contributed by atoms with Crippen molar-refractivity contribution >= 4 is 34.5 Å². The Hall–Kier alpha value is -1.73. The van der Waals surface area contributed by atoms with Crippen LogP contribution in [0.1, 0.15) is 37.6 Å². The summed E-state index contributed by atoms with van der Waals surface area (Å²) in [5.74, 6) is 0.871. The molecular formula is C18H21N3O2S2. The number of carbonyl (C=O) groups is 2. The molecular weight excluding hydrogens is 354 g/mol. The summed E-state index contributed by atoms with van der Waals surface area (Å²) in [6.07, 6.45) is 0.970. The van der Waals surface area contributed by atoms with Crippen molar-refractivity contribution in [2.45, 2.75) is 26.2 Å². The van der Waals surface area contributed by atoms with Crippen LogP contribution in [-0.2, 0) is 4.79 Å². The average Bonchev–Trinajstić information content (AvgIpc) is 3.06. The standard InChI is InChI=1S/C18H21N3O2S2/c1-11-16(25-12(2)19-11)18(23)21-7-5-20(6-8-21)17(22)14-10-13(14)15-4-3-9-24-15/h3-4,9,13-14H,5-8,10H2,1-2H3. The minimum Gasteiger partial charge on any atom is -0.339 e. The number of amides is 2. The first kappa shape index (κ1) is 16.7. The van der Waals surface area contributed by atoms with E-state index in [9.17, 15) is 9.59 Å². The highest BCUT2D eigenvalue weighted by Gasteiger charge is 2.46. The van der Waals surface area contributed by atoms with Crippen LogP contribution in [0.2, 0.25) is 0 Å². The molecule has 25 heavy (non-hydrogen) atoms. The van der Waals surface area contributed by atoms with E-state index < -0.39 is 0 Å². The lowest BCUT2D eigenvalue weighted by Gasteiger charge is -2.34. The largest absolute Gasteiger partial charge is 0.339 e. The van der Waals surface area contributed by atoms with Crippen molar-refractivity contribution in [2.75, 3.05) is 26.2 Å². The number of carbonyl (C=O) groups excluding carboxylic acids is 2. The predicted octanol–water partition coefficient (Wildman–Crippen LogP) is 2.91. The van der Waals surface area contributed by atoms with Crippen LogP contribution in [0.3, 0.4) is 0 Å². The molecule has 2 fully saturated rings. The van der Waals surface area contributed by atoms with Crippen molar-refractivity contribution in [1.29, 1.82) is 0 Å². The number of piperazine rings is 1. The molecule has 7 heteroatoms. The van der Waals surface area contributed by atoms with Gasteiger partial charge in [0.25, 0.3) is 5.91 Å². The van der Waals surface area contributed by atoms with Gasteiger partial charge in [0, 0.05) is 42.9 Å². The third-order valence-corrected chi connectivity index (χ3v) is 7.06. The van der Waals surface area contributed by atoms with E-state index in [1.54, 1.807) is 11.3 Å². The van der Waals surface area contributed by atoms with E-state index in [0.29, 0.717) is 32.1 Å². The van der Waals surface area contributed by atoms with Crippen LogP contribution in [0.15, 0.2) is 17.5 Å². The van der Waals surface area contributed by atoms with Crippen molar-refractivity contribution in [3.63, 3.8) is 0 Å². The molecule has 4 rings (SSSR count). The minimum atomic E-state index is 0.0538. The maximum absolute atomic E-state index is 12.7. The summed E-state index contributed by atoms with van der Waals surface area (Å²) in [5.41, 5.74) is 0.808. The highest BCUT2D eigenvalue weighted by atomic mass is 32.1. The number of thiophene rings is 1. The fourth-order valence-corrected chi connectivity index (χ4v) is 5.32. The molecule has 0 spiro atoms. The first-order valence-corrected chi connectivity index (χ1v) is 10.3. The quantitative estimate of drug-likeness (QED) is 0.829. The highest BCUT2D eigenvalue weighted by molar-refractivity contribution is 7.13. The fraction of sp³-hybridized carbons (Fsp3) is 0.500. The minimum absolute atomic E-state index is 0.0538. The predicted molar refractivity (Wildman–Crippen MR) is 99.2 cm³/mol. The van der Waals surface area contributed by atoms with E-state index in [2.05, 4.69) is 16.4 Å². The molecule has 1 aliphatic heterocycles. The Labute approximate surface area is 155 Å². The molecule has 0 radical (unpaired) electrons. The third-order valence-electron chi connectivity index (χ3n) is 4.99.